The molecule has 0 spiro atoms. The fraction of sp³-hybridized carbons (Fsp3) is 1.00. The fourth-order valence-electron chi connectivity index (χ4n) is 0. The van der Waals surface area contributed by atoms with E-state index >= 15 is 0 Å². The average molecular weight is 270 g/mol. The maximum atomic E-state index is 8.74. The van der Waals surface area contributed by atoms with Crippen LogP contribution >= 0.6 is 0 Å². The Morgan fingerprint density at radius 2 is 0.667 bits per heavy atom. The third kappa shape index (κ3) is 20800. The van der Waals surface area contributed by atoms with Crippen molar-refractivity contribution in [3.8, 4) is 0 Å². The summed E-state index contributed by atoms with van der Waals surface area (Å²) in [6.45, 7) is 0. The molecule has 0 aliphatic heterocycles. The van der Waals surface area contributed by atoms with Gasteiger partial charge >= 0.3 is 20.8 Å². The van der Waals surface area contributed by atoms with Gasteiger partial charge in [0.1, 0.15) is 0 Å². The first-order valence-electron chi connectivity index (χ1n) is 3.19. The largest absolute Gasteiger partial charge is 0.394 e. The third-order valence-corrected chi connectivity index (χ3v) is 0. The first kappa shape index (κ1) is 20.2. The molecule has 0 saturated heterocycles. The molecule has 0 aliphatic carbocycles. The number of nitrogens with zero attached hydrogens (tertiary/aromatic N) is 1. The Balaban J connectivity index is -0.000000144. The molecule has 15 heavy (non-hydrogen) atoms. The highest BCUT2D eigenvalue weighted by Crippen LogP contribution is 1.73. The van der Waals surface area contributed by atoms with E-state index in [9.17, 15) is 0 Å². The number of hydrogen-bond donors (Lipinski definition) is 4. The van der Waals surface area contributed by atoms with Crippen molar-refractivity contribution in [2.75, 3.05) is 28.2 Å². The van der Waals surface area contributed by atoms with Gasteiger partial charge in [-0.3, -0.25) is 18.2 Å². The molecule has 0 unspecified atom stereocenters. The summed E-state index contributed by atoms with van der Waals surface area (Å²) in [4.78, 5) is 0. The molecule has 11 heteroatoms. The molecule has 0 amide bonds. The van der Waals surface area contributed by atoms with E-state index in [4.69, 9.17) is 35.0 Å². The van der Waals surface area contributed by atoms with E-state index in [2.05, 4.69) is 28.2 Å². The third-order valence-electron chi connectivity index (χ3n) is 0. The zero-order chi connectivity index (χ0) is 13.5. The van der Waals surface area contributed by atoms with Crippen LogP contribution in [0.25, 0.3) is 0 Å². The molecule has 0 radical (unpaired) electrons. The zero-order valence-corrected chi connectivity index (χ0v) is 10.3. The van der Waals surface area contributed by atoms with Crippen LogP contribution in [0.15, 0.2) is 0 Å². The highest BCUT2D eigenvalue weighted by atomic mass is 32.3. The van der Waals surface area contributed by atoms with Gasteiger partial charge in [0.15, 0.2) is 0 Å². The van der Waals surface area contributed by atoms with Gasteiger partial charge in [-0.1, -0.05) is 0 Å². The van der Waals surface area contributed by atoms with Crippen LogP contribution in [0.1, 0.15) is 0 Å². The Kier molecular flexibility index (Phi) is 9.48. The van der Waals surface area contributed by atoms with Crippen molar-refractivity contribution in [1.82, 2.24) is 0 Å². The Morgan fingerprint density at radius 3 is 0.667 bits per heavy atom. The number of rotatable bonds is 0. The Bertz CT molecular complexity index is 283. The lowest BCUT2D eigenvalue weighted by atomic mass is 10.8. The van der Waals surface area contributed by atoms with E-state index in [1.54, 1.807) is 0 Å². The lowest BCUT2D eigenvalue weighted by Gasteiger charge is -2.14. The van der Waals surface area contributed by atoms with Crippen molar-refractivity contribution in [2.45, 2.75) is 0 Å². The SMILES string of the molecule is C[N+](C)(C)C.O=S(=O)(O)O.O=S(=O)(O)O. The van der Waals surface area contributed by atoms with E-state index in [1.165, 1.54) is 0 Å². The molecule has 0 aromatic heterocycles. The van der Waals surface area contributed by atoms with Crippen molar-refractivity contribution >= 4 is 20.8 Å². The highest BCUT2D eigenvalue weighted by Gasteiger charge is 1.88. The smallest absolute Gasteiger partial charge is 0.333 e. The molecule has 0 aromatic rings. The van der Waals surface area contributed by atoms with Crippen LogP contribution in [0.4, 0.5) is 0 Å². The van der Waals surface area contributed by atoms with E-state index in [-0.39, 0.29) is 0 Å². The monoisotopic (exact) mass is 270 g/mol. The number of quaternary nitrogens is 1. The number of hydrogen-bond acceptors (Lipinski definition) is 4. The summed E-state index contributed by atoms with van der Waals surface area (Å²) in [6.07, 6.45) is 0. The van der Waals surface area contributed by atoms with Gasteiger partial charge in [0.25, 0.3) is 0 Å². The van der Waals surface area contributed by atoms with Crippen molar-refractivity contribution < 1.29 is 39.5 Å². The normalized spacial score (nSPS) is 11.7. The van der Waals surface area contributed by atoms with Gasteiger partial charge in [-0.2, -0.15) is 16.8 Å². The van der Waals surface area contributed by atoms with Gasteiger partial charge in [-0.15, -0.1) is 0 Å². The van der Waals surface area contributed by atoms with Crippen LogP contribution in [-0.2, 0) is 20.8 Å². The van der Waals surface area contributed by atoms with Crippen LogP contribution in [0.2, 0.25) is 0 Å². The van der Waals surface area contributed by atoms with Gasteiger partial charge < -0.3 is 4.48 Å². The molecular formula is C4H16NO8S2+. The minimum Gasteiger partial charge on any atom is -0.333 e. The first-order chi connectivity index (χ1) is 6.00. The molecule has 4 N–H and O–H groups in total. The summed E-state index contributed by atoms with van der Waals surface area (Å²) < 4.78 is 64.2. The van der Waals surface area contributed by atoms with Gasteiger partial charge in [0.2, 0.25) is 0 Å². The lowest BCUT2D eigenvalue weighted by Crippen LogP contribution is -2.27. The van der Waals surface area contributed by atoms with Gasteiger partial charge in [-0.25, -0.2) is 0 Å². The molecule has 0 aliphatic rings. The van der Waals surface area contributed by atoms with Gasteiger partial charge in [0, 0.05) is 0 Å². The standard InChI is InChI=1S/C4H12N.2H2O4S/c3*1-5(2,3)4/h1-4H3;2*(H2,1,2,3,4)/q+1;;. The zero-order valence-electron chi connectivity index (χ0n) is 8.69. The van der Waals surface area contributed by atoms with Crippen LogP contribution in [0.3, 0.4) is 0 Å². The summed E-state index contributed by atoms with van der Waals surface area (Å²) in [6, 6.07) is 0. The minimum atomic E-state index is -4.67. The molecule has 0 fully saturated rings. The second kappa shape index (κ2) is 7.05. The molecule has 0 aromatic carbocycles. The predicted octanol–water partition coefficient (Wildman–Crippen LogP) is -0.983. The summed E-state index contributed by atoms with van der Waals surface area (Å²) in [7, 11) is -0.833. The van der Waals surface area contributed by atoms with Crippen LogP contribution < -0.4 is 0 Å². The van der Waals surface area contributed by atoms with E-state index in [1.807, 2.05) is 0 Å². The minimum absolute atomic E-state index is 1.00. The Labute approximate surface area is 89.1 Å². The summed E-state index contributed by atoms with van der Waals surface area (Å²) in [5, 5.41) is 0. The van der Waals surface area contributed by atoms with E-state index < -0.39 is 20.8 Å². The fourth-order valence-corrected chi connectivity index (χ4v) is 0. The lowest BCUT2D eigenvalue weighted by molar-refractivity contribution is -0.849. The molecule has 0 atom stereocenters. The maximum absolute atomic E-state index is 8.74. The van der Waals surface area contributed by atoms with Crippen molar-refractivity contribution in [2.24, 2.45) is 0 Å². The quantitative estimate of drug-likeness (QED) is 0.324. The van der Waals surface area contributed by atoms with Crippen molar-refractivity contribution in [1.29, 1.82) is 0 Å². The Morgan fingerprint density at radius 1 is 0.667 bits per heavy atom. The summed E-state index contributed by atoms with van der Waals surface area (Å²) >= 11 is 0. The second-order valence-electron chi connectivity index (χ2n) is 3.58. The maximum Gasteiger partial charge on any atom is 0.394 e. The molecule has 9 nitrogen and oxygen atoms in total. The van der Waals surface area contributed by atoms with E-state index in [0.29, 0.717) is 0 Å². The van der Waals surface area contributed by atoms with E-state index in [0.717, 1.165) is 4.48 Å². The molecule has 96 valence electrons. The van der Waals surface area contributed by atoms with Gasteiger partial charge in [-0.05, 0) is 0 Å². The molecule has 0 rings (SSSR count). The highest BCUT2D eigenvalue weighted by molar-refractivity contribution is 7.80. The van der Waals surface area contributed by atoms with Crippen molar-refractivity contribution in [3.63, 3.8) is 0 Å². The first-order valence-corrected chi connectivity index (χ1v) is 5.98. The summed E-state index contributed by atoms with van der Waals surface area (Å²) in [5.74, 6) is 0. The average Bonchev–Trinajstić information content (AvgIpc) is 1.41. The summed E-state index contributed by atoms with van der Waals surface area (Å²) in [5.41, 5.74) is 0. The molecular weight excluding hydrogens is 254 g/mol. The van der Waals surface area contributed by atoms with Gasteiger partial charge in [0.05, 0.1) is 28.2 Å². The van der Waals surface area contributed by atoms with Crippen LogP contribution in [0, 0.1) is 0 Å². The Hall–Kier alpha value is -0.300. The van der Waals surface area contributed by atoms with Crippen molar-refractivity contribution in [3.05, 3.63) is 0 Å². The molecule has 0 bridgehead atoms. The van der Waals surface area contributed by atoms with Crippen LogP contribution in [-0.4, -0.2) is 67.7 Å². The molecule has 0 heterocycles. The second-order valence-corrected chi connectivity index (χ2v) is 5.37. The topological polar surface area (TPSA) is 149 Å². The molecule has 0 saturated carbocycles. The van der Waals surface area contributed by atoms with Crippen LogP contribution in [0.5, 0.6) is 0 Å². The predicted molar refractivity (Wildman–Crippen MR) is 52.3 cm³/mol.